The third-order valence-electron chi connectivity index (χ3n) is 4.41. The summed E-state index contributed by atoms with van der Waals surface area (Å²) in [7, 11) is 1.69. The van der Waals surface area contributed by atoms with E-state index in [1.54, 1.807) is 22.7 Å². The van der Waals surface area contributed by atoms with E-state index < -0.39 is 11.7 Å². The molecule has 1 aromatic carbocycles. The molecule has 0 spiro atoms. The SMILES string of the molecule is CCN(CC)CCN(C)C(=O)/N=c1\sc(C)cn1-c1ccc(C(F)(F)F)cc1. The summed E-state index contributed by atoms with van der Waals surface area (Å²) in [5.74, 6) is 0. The third kappa shape index (κ3) is 5.68. The Bertz CT molecular complexity index is 851. The number of hydrogen-bond acceptors (Lipinski definition) is 3. The number of carbonyl (C=O) groups excluding carboxylic acids is 1. The Balaban J connectivity index is 2.24. The normalized spacial score (nSPS) is 12.6. The van der Waals surface area contributed by atoms with E-state index in [-0.39, 0.29) is 6.03 Å². The lowest BCUT2D eigenvalue weighted by Crippen LogP contribution is -2.35. The van der Waals surface area contributed by atoms with E-state index >= 15 is 0 Å². The van der Waals surface area contributed by atoms with E-state index in [9.17, 15) is 18.0 Å². The van der Waals surface area contributed by atoms with Gasteiger partial charge in [-0.3, -0.25) is 4.57 Å². The van der Waals surface area contributed by atoms with E-state index in [1.807, 2.05) is 6.92 Å². The largest absolute Gasteiger partial charge is 0.416 e. The lowest BCUT2D eigenvalue weighted by atomic mass is 10.2. The van der Waals surface area contributed by atoms with Gasteiger partial charge in [-0.1, -0.05) is 13.8 Å². The number of rotatable bonds is 6. The number of amides is 2. The number of urea groups is 1. The zero-order chi connectivity index (χ0) is 20.9. The maximum Gasteiger partial charge on any atom is 0.416 e. The van der Waals surface area contributed by atoms with Crippen LogP contribution in [0.25, 0.3) is 5.69 Å². The number of thiazole rings is 1. The number of likely N-dealkylation sites (N-methyl/N-ethyl adjacent to an activating group) is 2. The topological polar surface area (TPSA) is 40.8 Å². The molecule has 1 aromatic heterocycles. The summed E-state index contributed by atoms with van der Waals surface area (Å²) in [5.41, 5.74) is -0.191. The molecule has 0 unspecified atom stereocenters. The molecule has 2 aromatic rings. The average Bonchev–Trinajstić information content (AvgIpc) is 3.01. The summed E-state index contributed by atoms with van der Waals surface area (Å²) in [5, 5.41) is 0. The molecule has 9 heteroatoms. The molecular weight excluding hydrogens is 389 g/mol. The van der Waals surface area contributed by atoms with Crippen molar-refractivity contribution in [3.05, 3.63) is 45.7 Å². The van der Waals surface area contributed by atoms with Gasteiger partial charge < -0.3 is 9.80 Å². The smallest absolute Gasteiger partial charge is 0.325 e. The van der Waals surface area contributed by atoms with Gasteiger partial charge in [0.15, 0.2) is 4.80 Å². The van der Waals surface area contributed by atoms with Crippen LogP contribution in [0, 0.1) is 6.92 Å². The van der Waals surface area contributed by atoms with Crippen LogP contribution in [-0.2, 0) is 6.18 Å². The predicted molar refractivity (Wildman–Crippen MR) is 105 cm³/mol. The van der Waals surface area contributed by atoms with Crippen molar-refractivity contribution in [3.63, 3.8) is 0 Å². The molecule has 0 radical (unpaired) electrons. The van der Waals surface area contributed by atoms with E-state index in [0.29, 0.717) is 17.0 Å². The molecule has 0 N–H and O–H groups in total. The minimum absolute atomic E-state index is 0.380. The van der Waals surface area contributed by atoms with Crippen LogP contribution in [0.2, 0.25) is 0 Å². The summed E-state index contributed by atoms with van der Waals surface area (Å²) in [6.45, 7) is 9.12. The molecule has 1 heterocycles. The Morgan fingerprint density at radius 3 is 2.29 bits per heavy atom. The van der Waals surface area contributed by atoms with Crippen molar-refractivity contribution in [1.29, 1.82) is 0 Å². The van der Waals surface area contributed by atoms with Gasteiger partial charge in [-0.2, -0.15) is 18.2 Å². The van der Waals surface area contributed by atoms with Crippen molar-refractivity contribution in [3.8, 4) is 5.69 Å². The maximum absolute atomic E-state index is 12.8. The number of aromatic nitrogens is 1. The van der Waals surface area contributed by atoms with Crippen LogP contribution >= 0.6 is 11.3 Å². The first-order chi connectivity index (χ1) is 13.2. The number of carbonyl (C=O) groups is 1. The highest BCUT2D eigenvalue weighted by molar-refractivity contribution is 7.09. The Morgan fingerprint density at radius 2 is 1.75 bits per heavy atom. The van der Waals surface area contributed by atoms with Gasteiger partial charge in [0.1, 0.15) is 0 Å². The van der Waals surface area contributed by atoms with E-state index in [1.165, 1.54) is 23.5 Å². The lowest BCUT2D eigenvalue weighted by molar-refractivity contribution is -0.137. The van der Waals surface area contributed by atoms with Crippen LogP contribution in [0.5, 0.6) is 0 Å². The van der Waals surface area contributed by atoms with E-state index in [2.05, 4.69) is 23.7 Å². The fourth-order valence-corrected chi connectivity index (χ4v) is 3.45. The van der Waals surface area contributed by atoms with Crippen LogP contribution in [0.3, 0.4) is 0 Å². The van der Waals surface area contributed by atoms with Gasteiger partial charge in [-0.05, 0) is 44.3 Å². The van der Waals surface area contributed by atoms with Crippen molar-refractivity contribution < 1.29 is 18.0 Å². The first-order valence-corrected chi connectivity index (χ1v) is 9.86. The number of aryl methyl sites for hydroxylation is 1. The quantitative estimate of drug-likeness (QED) is 0.712. The van der Waals surface area contributed by atoms with Crippen molar-refractivity contribution in [2.24, 2.45) is 4.99 Å². The second-order valence-electron chi connectivity index (χ2n) is 6.38. The van der Waals surface area contributed by atoms with Gasteiger partial charge >= 0.3 is 12.2 Å². The van der Waals surface area contributed by atoms with Crippen molar-refractivity contribution >= 4 is 17.4 Å². The van der Waals surface area contributed by atoms with E-state index in [0.717, 1.165) is 36.6 Å². The first kappa shape index (κ1) is 22.2. The maximum atomic E-state index is 12.8. The van der Waals surface area contributed by atoms with Crippen LogP contribution < -0.4 is 4.80 Å². The van der Waals surface area contributed by atoms with Crippen molar-refractivity contribution in [2.75, 3.05) is 33.2 Å². The molecule has 0 aliphatic carbocycles. The number of halogens is 3. The second kappa shape index (κ2) is 9.38. The Labute approximate surface area is 166 Å². The highest BCUT2D eigenvalue weighted by atomic mass is 32.1. The van der Waals surface area contributed by atoms with Crippen molar-refractivity contribution in [1.82, 2.24) is 14.4 Å². The lowest BCUT2D eigenvalue weighted by Gasteiger charge is -2.21. The molecule has 0 aliphatic rings. The molecule has 0 fully saturated rings. The fraction of sp³-hybridized carbons (Fsp3) is 0.474. The highest BCUT2D eigenvalue weighted by Gasteiger charge is 2.30. The van der Waals surface area contributed by atoms with Crippen LogP contribution in [-0.4, -0.2) is 53.6 Å². The molecule has 2 amide bonds. The minimum atomic E-state index is -4.38. The van der Waals surface area contributed by atoms with Gasteiger partial charge in [-0.25, -0.2) is 4.79 Å². The average molecular weight is 414 g/mol. The number of benzene rings is 1. The Hall–Kier alpha value is -2.13. The van der Waals surface area contributed by atoms with Crippen LogP contribution in [0.1, 0.15) is 24.3 Å². The molecule has 28 heavy (non-hydrogen) atoms. The van der Waals surface area contributed by atoms with E-state index in [4.69, 9.17) is 0 Å². The van der Waals surface area contributed by atoms with Gasteiger partial charge in [0.25, 0.3) is 0 Å². The summed E-state index contributed by atoms with van der Waals surface area (Å²) in [6, 6.07) is 4.43. The molecular formula is C19H25F3N4OS. The molecule has 0 saturated heterocycles. The van der Waals surface area contributed by atoms with Gasteiger partial charge in [-0.15, -0.1) is 11.3 Å². The summed E-state index contributed by atoms with van der Waals surface area (Å²) >= 11 is 1.31. The fourth-order valence-electron chi connectivity index (χ4n) is 2.62. The number of hydrogen-bond donors (Lipinski definition) is 0. The van der Waals surface area contributed by atoms with Gasteiger partial charge in [0.05, 0.1) is 5.56 Å². The molecule has 0 atom stereocenters. The predicted octanol–water partition coefficient (Wildman–Crippen LogP) is 4.16. The Morgan fingerprint density at radius 1 is 1.14 bits per heavy atom. The highest BCUT2D eigenvalue weighted by Crippen LogP contribution is 2.29. The van der Waals surface area contributed by atoms with Crippen LogP contribution in [0.4, 0.5) is 18.0 Å². The Kier molecular flexibility index (Phi) is 7.42. The minimum Gasteiger partial charge on any atom is -0.325 e. The molecule has 2 rings (SSSR count). The molecule has 0 aliphatic heterocycles. The summed E-state index contributed by atoms with van der Waals surface area (Å²) in [6.07, 6.45) is -2.63. The van der Waals surface area contributed by atoms with Crippen molar-refractivity contribution in [2.45, 2.75) is 26.9 Å². The standard InChI is InChI=1S/C19H25F3N4OS/c1-5-25(6-2)12-11-24(4)17(27)23-18-26(13-14(3)28-18)16-9-7-15(8-10-16)19(20,21)22/h7-10,13H,5-6,11-12H2,1-4H3/b23-18-. The zero-order valence-electron chi connectivity index (χ0n) is 16.5. The number of nitrogens with zero attached hydrogens (tertiary/aromatic N) is 4. The number of alkyl halides is 3. The third-order valence-corrected chi connectivity index (χ3v) is 5.30. The molecule has 154 valence electrons. The van der Waals surface area contributed by atoms with Gasteiger partial charge in [0.2, 0.25) is 0 Å². The van der Waals surface area contributed by atoms with Gasteiger partial charge in [0, 0.05) is 36.9 Å². The monoisotopic (exact) mass is 414 g/mol. The second-order valence-corrected chi connectivity index (χ2v) is 7.60. The zero-order valence-corrected chi connectivity index (χ0v) is 17.3. The first-order valence-electron chi connectivity index (χ1n) is 9.04. The molecule has 0 saturated carbocycles. The summed E-state index contributed by atoms with van der Waals surface area (Å²) < 4.78 is 39.9. The molecule has 0 bridgehead atoms. The summed E-state index contributed by atoms with van der Waals surface area (Å²) in [4.78, 5) is 21.7. The molecule has 5 nitrogen and oxygen atoms in total. The van der Waals surface area contributed by atoms with Crippen LogP contribution in [0.15, 0.2) is 35.5 Å².